The fourth-order valence-electron chi connectivity index (χ4n) is 5.84. The molecule has 12 atom stereocenters. The zero-order valence-corrected chi connectivity index (χ0v) is 29.7. The van der Waals surface area contributed by atoms with Crippen LogP contribution in [-0.4, -0.2) is 162 Å². The summed E-state index contributed by atoms with van der Waals surface area (Å²) in [6.07, 6.45) is -2.21. The SMILES string of the molecule is CCCCCCCCCCCCCCCC(=O)OC[C@H](O)[C@H]1OC(=O)C(O)=C1O.OC[C@H]1O[C@H](O[C@H]2O[C@H](CO)[C@@H](O)[C@H](O)[C@H]2O)[C@H](O)[C@@H](O)[C@@H]1O. The Morgan fingerprint density at radius 1 is 0.673 bits per heavy atom. The Hall–Kier alpha value is -2.20. The zero-order valence-electron chi connectivity index (χ0n) is 29.7. The fourth-order valence-corrected chi connectivity index (χ4v) is 5.84. The molecule has 3 aliphatic heterocycles. The molecule has 3 rings (SSSR count). The van der Waals surface area contributed by atoms with Crippen molar-refractivity contribution in [3.05, 3.63) is 11.5 Å². The van der Waals surface area contributed by atoms with Crippen LogP contribution in [0.3, 0.4) is 0 Å². The molecule has 2 saturated heterocycles. The summed E-state index contributed by atoms with van der Waals surface area (Å²) in [5.74, 6) is -3.21. The van der Waals surface area contributed by atoms with Crippen LogP contribution in [0.25, 0.3) is 0 Å². The molecule has 0 aromatic rings. The molecular formula is C34H60O18. The van der Waals surface area contributed by atoms with E-state index in [1.165, 1.54) is 64.2 Å². The highest BCUT2D eigenvalue weighted by molar-refractivity contribution is 5.89. The van der Waals surface area contributed by atoms with E-state index in [2.05, 4.69) is 11.7 Å². The van der Waals surface area contributed by atoms with Gasteiger partial charge in [0.1, 0.15) is 61.5 Å². The second-order valence-corrected chi connectivity index (χ2v) is 13.3. The second-order valence-electron chi connectivity index (χ2n) is 13.3. The summed E-state index contributed by atoms with van der Waals surface area (Å²) >= 11 is 0. The van der Waals surface area contributed by atoms with Crippen LogP contribution in [0, 0.1) is 0 Å². The van der Waals surface area contributed by atoms with Gasteiger partial charge in [-0.3, -0.25) is 4.79 Å². The molecule has 0 aliphatic carbocycles. The number of aliphatic hydroxyl groups is 11. The number of hydrogen-bond acceptors (Lipinski definition) is 18. The van der Waals surface area contributed by atoms with E-state index in [0.29, 0.717) is 0 Å². The molecule has 0 amide bonds. The minimum Gasteiger partial charge on any atom is -0.505 e. The second kappa shape index (κ2) is 24.3. The number of rotatable bonds is 21. The first kappa shape index (κ1) is 46.0. The van der Waals surface area contributed by atoms with Gasteiger partial charge in [-0.1, -0.05) is 84.0 Å². The third-order valence-electron chi connectivity index (χ3n) is 9.15. The van der Waals surface area contributed by atoms with Crippen molar-refractivity contribution in [1.29, 1.82) is 0 Å². The number of ether oxygens (including phenoxy) is 5. The third-order valence-corrected chi connectivity index (χ3v) is 9.15. The van der Waals surface area contributed by atoms with Crippen LogP contribution in [0.2, 0.25) is 0 Å². The number of cyclic esters (lactones) is 1. The smallest absolute Gasteiger partial charge is 0.377 e. The maximum Gasteiger partial charge on any atom is 0.377 e. The number of carbonyl (C=O) groups is 2. The van der Waals surface area contributed by atoms with Crippen LogP contribution < -0.4 is 0 Å². The van der Waals surface area contributed by atoms with Gasteiger partial charge in [-0.15, -0.1) is 0 Å². The van der Waals surface area contributed by atoms with Crippen molar-refractivity contribution in [3.63, 3.8) is 0 Å². The molecule has 18 heteroatoms. The average Bonchev–Trinajstić information content (AvgIpc) is 3.40. The quantitative estimate of drug-likeness (QED) is 0.0506. The van der Waals surface area contributed by atoms with Crippen molar-refractivity contribution in [3.8, 4) is 0 Å². The lowest BCUT2D eigenvalue weighted by molar-refractivity contribution is -0.376. The number of aliphatic hydroxyl groups excluding tert-OH is 11. The van der Waals surface area contributed by atoms with Crippen molar-refractivity contribution in [2.24, 2.45) is 0 Å². The van der Waals surface area contributed by atoms with Gasteiger partial charge in [-0.05, 0) is 6.42 Å². The molecule has 3 heterocycles. The van der Waals surface area contributed by atoms with Crippen molar-refractivity contribution in [2.75, 3.05) is 19.8 Å². The summed E-state index contributed by atoms with van der Waals surface area (Å²) in [4.78, 5) is 22.8. The van der Waals surface area contributed by atoms with Gasteiger partial charge in [0.15, 0.2) is 24.4 Å². The van der Waals surface area contributed by atoms with Gasteiger partial charge in [-0.2, -0.15) is 0 Å². The first-order chi connectivity index (χ1) is 24.8. The minimum absolute atomic E-state index is 0.266. The summed E-state index contributed by atoms with van der Waals surface area (Å²) in [7, 11) is 0. The van der Waals surface area contributed by atoms with Crippen LogP contribution >= 0.6 is 0 Å². The molecule has 0 radical (unpaired) electrons. The Kier molecular flexibility index (Phi) is 21.4. The molecule has 52 heavy (non-hydrogen) atoms. The number of carbonyl (C=O) groups excluding carboxylic acids is 2. The summed E-state index contributed by atoms with van der Waals surface area (Å²) in [6, 6.07) is 0. The maximum absolute atomic E-state index is 11.7. The fraction of sp³-hybridized carbons (Fsp3) is 0.882. The van der Waals surface area contributed by atoms with E-state index in [-0.39, 0.29) is 6.42 Å². The highest BCUT2D eigenvalue weighted by Gasteiger charge is 2.49. The van der Waals surface area contributed by atoms with Crippen LogP contribution in [0.1, 0.15) is 96.8 Å². The summed E-state index contributed by atoms with van der Waals surface area (Å²) < 4.78 is 24.9. The van der Waals surface area contributed by atoms with Crippen LogP contribution in [0.15, 0.2) is 11.5 Å². The molecule has 18 nitrogen and oxygen atoms in total. The van der Waals surface area contributed by atoms with E-state index in [4.69, 9.17) is 29.2 Å². The number of esters is 2. The summed E-state index contributed by atoms with van der Waals surface area (Å²) in [6.45, 7) is 0.493. The van der Waals surface area contributed by atoms with Gasteiger partial charge in [0.2, 0.25) is 5.76 Å². The van der Waals surface area contributed by atoms with Gasteiger partial charge in [0, 0.05) is 6.42 Å². The predicted octanol–water partition coefficient (Wildman–Crippen LogP) is -0.772. The molecule has 304 valence electrons. The average molecular weight is 757 g/mol. The molecule has 0 bridgehead atoms. The Morgan fingerprint density at radius 3 is 1.48 bits per heavy atom. The highest BCUT2D eigenvalue weighted by atomic mass is 16.8. The van der Waals surface area contributed by atoms with Crippen molar-refractivity contribution >= 4 is 11.9 Å². The monoisotopic (exact) mass is 756 g/mol. The van der Waals surface area contributed by atoms with Gasteiger partial charge in [-0.25, -0.2) is 4.79 Å². The Morgan fingerprint density at radius 2 is 1.10 bits per heavy atom. The van der Waals surface area contributed by atoms with E-state index in [1.807, 2.05) is 0 Å². The molecule has 0 spiro atoms. The van der Waals surface area contributed by atoms with Gasteiger partial charge < -0.3 is 79.9 Å². The van der Waals surface area contributed by atoms with E-state index < -0.39 is 117 Å². The first-order valence-corrected chi connectivity index (χ1v) is 18.2. The van der Waals surface area contributed by atoms with Gasteiger partial charge >= 0.3 is 11.9 Å². The van der Waals surface area contributed by atoms with Crippen molar-refractivity contribution in [1.82, 2.24) is 0 Å². The van der Waals surface area contributed by atoms with E-state index in [9.17, 15) is 55.5 Å². The molecule has 2 fully saturated rings. The molecule has 0 aromatic heterocycles. The topological polar surface area (TPSA) is 303 Å². The lowest BCUT2D eigenvalue weighted by Crippen LogP contribution is -2.63. The molecule has 0 saturated carbocycles. The molecule has 0 unspecified atom stereocenters. The Balaban J connectivity index is 0.000000369. The molecular weight excluding hydrogens is 696 g/mol. The van der Waals surface area contributed by atoms with E-state index in [1.54, 1.807) is 0 Å². The Bertz CT molecular complexity index is 1020. The molecule has 3 aliphatic rings. The standard InChI is InChI=1S/C22H38O7.C12H22O11/c1-2-3-4-5-6-7-8-9-10-11-12-13-14-15-18(24)28-16-17(23)21-19(25)20(26)22(27)29-21;13-1-3-5(15)7(17)9(19)11(21-3)23-12-10(20)8(18)6(16)4(2-14)22-12/h17,21,23,25-26H,2-16H2,1H3;3-20H,1-2H2/t17-,21+;3-,4-,5-,6-,7+,8+,9-,10-,11-,12-/m01/s1. The third kappa shape index (κ3) is 14.2. The van der Waals surface area contributed by atoms with E-state index >= 15 is 0 Å². The molecule has 11 N–H and O–H groups in total. The van der Waals surface area contributed by atoms with Gasteiger partial charge in [0.05, 0.1) is 13.2 Å². The minimum atomic E-state index is -1.72. The largest absolute Gasteiger partial charge is 0.505 e. The predicted molar refractivity (Wildman–Crippen MR) is 178 cm³/mol. The normalized spacial score (nSPS) is 32.6. The van der Waals surface area contributed by atoms with Gasteiger partial charge in [0.25, 0.3) is 0 Å². The van der Waals surface area contributed by atoms with Crippen LogP contribution in [-0.2, 0) is 33.3 Å². The summed E-state index contributed by atoms with van der Waals surface area (Å²) in [5.41, 5.74) is 0. The van der Waals surface area contributed by atoms with Crippen LogP contribution in [0.4, 0.5) is 0 Å². The Labute approximate surface area is 303 Å². The number of hydrogen-bond donors (Lipinski definition) is 11. The van der Waals surface area contributed by atoms with Crippen molar-refractivity contribution in [2.45, 2.75) is 170 Å². The van der Waals surface area contributed by atoms with Crippen LogP contribution in [0.5, 0.6) is 0 Å². The first-order valence-electron chi connectivity index (χ1n) is 18.2. The lowest BCUT2D eigenvalue weighted by Gasteiger charge is -2.44. The van der Waals surface area contributed by atoms with E-state index in [0.717, 1.165) is 19.3 Å². The zero-order chi connectivity index (χ0) is 38.8. The highest BCUT2D eigenvalue weighted by Crippen LogP contribution is 2.28. The lowest BCUT2D eigenvalue weighted by atomic mass is 9.98. The molecule has 0 aromatic carbocycles. The summed E-state index contributed by atoms with van der Waals surface area (Å²) in [5, 5.41) is 105. The number of unbranched alkanes of at least 4 members (excludes halogenated alkanes) is 12. The van der Waals surface area contributed by atoms with Crippen molar-refractivity contribution < 1.29 is 89.4 Å². The maximum atomic E-state index is 11.7.